The third kappa shape index (κ3) is 6.89. The zero-order valence-electron chi connectivity index (χ0n) is 14.3. The van der Waals surface area contributed by atoms with Gasteiger partial charge in [0.1, 0.15) is 12.4 Å². The van der Waals surface area contributed by atoms with Gasteiger partial charge in [-0.2, -0.15) is 0 Å². The molecular formula is C17H26ClN3O4. The quantitative estimate of drug-likeness (QED) is 0.661. The van der Waals surface area contributed by atoms with Crippen molar-refractivity contribution in [2.24, 2.45) is 5.73 Å². The molecular weight excluding hydrogens is 346 g/mol. The lowest BCUT2D eigenvalue weighted by atomic mass is 10.2. The molecule has 8 heteroatoms. The second-order valence-corrected chi connectivity index (χ2v) is 5.77. The minimum Gasteiger partial charge on any atom is -0.492 e. The Morgan fingerprint density at radius 1 is 1.40 bits per heavy atom. The molecule has 2 atom stereocenters. The van der Waals surface area contributed by atoms with E-state index in [4.69, 9.17) is 15.2 Å². The third-order valence-electron chi connectivity index (χ3n) is 3.96. The number of hydrogen-bond acceptors (Lipinski definition) is 5. The highest BCUT2D eigenvalue weighted by Crippen LogP contribution is 2.13. The number of nitrogens with two attached hydrogens (primary N) is 1. The van der Waals surface area contributed by atoms with E-state index in [-0.39, 0.29) is 49.3 Å². The number of carbonyl (C=O) groups excluding carboxylic acids is 2. The summed E-state index contributed by atoms with van der Waals surface area (Å²) in [6, 6.07) is 9.30. The molecule has 1 aliphatic heterocycles. The van der Waals surface area contributed by atoms with Gasteiger partial charge in [0, 0.05) is 26.6 Å². The monoisotopic (exact) mass is 371 g/mol. The predicted molar refractivity (Wildman–Crippen MR) is 96.8 cm³/mol. The molecule has 2 rings (SSSR count). The average molecular weight is 372 g/mol. The lowest BCUT2D eigenvalue weighted by Gasteiger charge is -2.18. The van der Waals surface area contributed by atoms with Gasteiger partial charge in [-0.25, -0.2) is 0 Å². The lowest BCUT2D eigenvalue weighted by Crippen LogP contribution is -2.40. The molecule has 0 aliphatic carbocycles. The van der Waals surface area contributed by atoms with Crippen LogP contribution in [-0.4, -0.2) is 62.2 Å². The van der Waals surface area contributed by atoms with Gasteiger partial charge in [-0.05, 0) is 12.1 Å². The fourth-order valence-electron chi connectivity index (χ4n) is 2.63. The first-order chi connectivity index (χ1) is 11.6. The minimum absolute atomic E-state index is 0. The maximum Gasteiger partial charge on any atom is 0.224 e. The van der Waals surface area contributed by atoms with Crippen LogP contribution < -0.4 is 15.8 Å². The van der Waals surface area contributed by atoms with Crippen LogP contribution in [0.5, 0.6) is 5.75 Å². The highest BCUT2D eigenvalue weighted by molar-refractivity contribution is 5.85. The number of hydrogen-bond donors (Lipinski definition) is 2. The van der Waals surface area contributed by atoms with Gasteiger partial charge >= 0.3 is 0 Å². The fraction of sp³-hybridized carbons (Fsp3) is 0.529. The van der Waals surface area contributed by atoms with Crippen molar-refractivity contribution in [1.82, 2.24) is 10.2 Å². The van der Waals surface area contributed by atoms with Crippen molar-refractivity contribution in [3.05, 3.63) is 30.3 Å². The molecule has 1 aromatic rings. The van der Waals surface area contributed by atoms with Gasteiger partial charge in [0.05, 0.1) is 25.1 Å². The van der Waals surface area contributed by atoms with E-state index in [9.17, 15) is 9.59 Å². The number of likely N-dealkylation sites (tertiary alicyclic amines) is 1. The average Bonchev–Trinajstić information content (AvgIpc) is 2.93. The largest absolute Gasteiger partial charge is 0.492 e. The molecule has 1 heterocycles. The van der Waals surface area contributed by atoms with Crippen molar-refractivity contribution in [2.75, 3.05) is 33.4 Å². The van der Waals surface area contributed by atoms with E-state index in [1.165, 1.54) is 7.11 Å². The van der Waals surface area contributed by atoms with E-state index in [1.54, 1.807) is 4.90 Å². The molecule has 1 aliphatic rings. The van der Waals surface area contributed by atoms with Gasteiger partial charge in [0.25, 0.3) is 0 Å². The van der Waals surface area contributed by atoms with Gasteiger partial charge in [-0.3, -0.25) is 9.59 Å². The van der Waals surface area contributed by atoms with Crippen LogP contribution in [0.25, 0.3) is 0 Å². The molecule has 1 fully saturated rings. The number of nitrogens with one attached hydrogen (secondary N) is 1. The van der Waals surface area contributed by atoms with Crippen molar-refractivity contribution < 1.29 is 19.1 Å². The van der Waals surface area contributed by atoms with E-state index in [2.05, 4.69) is 5.32 Å². The molecule has 0 aromatic heterocycles. The zero-order valence-corrected chi connectivity index (χ0v) is 15.2. The molecule has 0 bridgehead atoms. The number of ether oxygens (including phenoxy) is 2. The van der Waals surface area contributed by atoms with Crippen LogP contribution >= 0.6 is 12.4 Å². The van der Waals surface area contributed by atoms with Crippen LogP contribution in [0.4, 0.5) is 0 Å². The molecule has 25 heavy (non-hydrogen) atoms. The summed E-state index contributed by atoms with van der Waals surface area (Å²) in [5.41, 5.74) is 5.51. The summed E-state index contributed by atoms with van der Waals surface area (Å²) in [5.74, 6) is 0.660. The summed E-state index contributed by atoms with van der Waals surface area (Å²) in [7, 11) is 1.53. The van der Waals surface area contributed by atoms with E-state index < -0.39 is 0 Å². The topological polar surface area (TPSA) is 93.9 Å². The molecule has 2 unspecified atom stereocenters. The number of amides is 2. The van der Waals surface area contributed by atoms with Crippen molar-refractivity contribution in [3.8, 4) is 5.75 Å². The summed E-state index contributed by atoms with van der Waals surface area (Å²) in [5, 5.41) is 2.87. The number of carbonyl (C=O) groups is 2. The van der Waals surface area contributed by atoms with E-state index in [0.29, 0.717) is 26.1 Å². The SMILES string of the molecule is COC(CN)CC(=O)NC1CC(=O)N(CCOc2ccccc2)C1.Cl. The Balaban J connectivity index is 0.00000312. The van der Waals surface area contributed by atoms with E-state index >= 15 is 0 Å². The van der Waals surface area contributed by atoms with Gasteiger partial charge in [-0.15, -0.1) is 12.4 Å². The highest BCUT2D eigenvalue weighted by atomic mass is 35.5. The first kappa shape index (κ1) is 21.2. The first-order valence-electron chi connectivity index (χ1n) is 8.10. The molecule has 0 radical (unpaired) electrons. The standard InChI is InChI=1S/C17H25N3O4.ClH/c1-23-15(11-18)10-16(21)19-13-9-17(22)20(12-13)7-8-24-14-5-3-2-4-6-14;/h2-6,13,15H,7-12,18H2,1H3,(H,19,21);1H. The Kier molecular flexibility index (Phi) is 9.26. The Bertz CT molecular complexity index is 540. The first-order valence-corrected chi connectivity index (χ1v) is 8.10. The Morgan fingerprint density at radius 3 is 2.76 bits per heavy atom. The highest BCUT2D eigenvalue weighted by Gasteiger charge is 2.30. The normalized spacial score (nSPS) is 17.8. The number of benzene rings is 1. The Labute approximate surface area is 154 Å². The molecule has 140 valence electrons. The van der Waals surface area contributed by atoms with Crippen molar-refractivity contribution in [2.45, 2.75) is 25.0 Å². The van der Waals surface area contributed by atoms with Crippen LogP contribution in [0.15, 0.2) is 30.3 Å². The number of rotatable bonds is 9. The summed E-state index contributed by atoms with van der Waals surface area (Å²) >= 11 is 0. The van der Waals surface area contributed by atoms with E-state index in [1.807, 2.05) is 30.3 Å². The van der Waals surface area contributed by atoms with Crippen LogP contribution in [0.3, 0.4) is 0 Å². The van der Waals surface area contributed by atoms with Crippen LogP contribution in [-0.2, 0) is 14.3 Å². The van der Waals surface area contributed by atoms with Gasteiger partial charge < -0.3 is 25.4 Å². The van der Waals surface area contributed by atoms with Gasteiger partial charge in [0.15, 0.2) is 0 Å². The maximum absolute atomic E-state index is 12.0. The van der Waals surface area contributed by atoms with Crippen molar-refractivity contribution >= 4 is 24.2 Å². The second kappa shape index (κ2) is 10.9. The molecule has 2 amide bonds. The van der Waals surface area contributed by atoms with Crippen molar-refractivity contribution in [3.63, 3.8) is 0 Å². The van der Waals surface area contributed by atoms with E-state index in [0.717, 1.165) is 5.75 Å². The van der Waals surface area contributed by atoms with Crippen LogP contribution in [0.2, 0.25) is 0 Å². The molecule has 1 saturated heterocycles. The van der Waals surface area contributed by atoms with Crippen LogP contribution in [0, 0.1) is 0 Å². The number of methoxy groups -OCH3 is 1. The molecule has 3 N–H and O–H groups in total. The summed E-state index contributed by atoms with van der Waals surface area (Å²) < 4.78 is 10.7. The number of halogens is 1. The van der Waals surface area contributed by atoms with Gasteiger partial charge in [-0.1, -0.05) is 18.2 Å². The summed E-state index contributed by atoms with van der Waals surface area (Å²) in [6.45, 7) is 1.72. The fourth-order valence-corrected chi connectivity index (χ4v) is 2.63. The molecule has 0 spiro atoms. The predicted octanol–water partition coefficient (Wildman–Crippen LogP) is 0.568. The summed E-state index contributed by atoms with van der Waals surface area (Å²) in [6.07, 6.45) is 0.226. The molecule has 7 nitrogen and oxygen atoms in total. The molecule has 1 aromatic carbocycles. The lowest BCUT2D eigenvalue weighted by molar-refractivity contribution is -0.128. The van der Waals surface area contributed by atoms with Gasteiger partial charge in [0.2, 0.25) is 11.8 Å². The number of nitrogens with zero attached hydrogens (tertiary/aromatic N) is 1. The maximum atomic E-state index is 12.0. The minimum atomic E-state index is -0.294. The zero-order chi connectivity index (χ0) is 17.4. The summed E-state index contributed by atoms with van der Waals surface area (Å²) in [4.78, 5) is 25.7. The smallest absolute Gasteiger partial charge is 0.224 e. The van der Waals surface area contributed by atoms with Crippen LogP contribution in [0.1, 0.15) is 12.8 Å². The second-order valence-electron chi connectivity index (χ2n) is 5.77. The van der Waals surface area contributed by atoms with Crippen molar-refractivity contribution in [1.29, 1.82) is 0 Å². The third-order valence-corrected chi connectivity index (χ3v) is 3.96. The number of para-hydroxylation sites is 1. The Hall–Kier alpha value is -1.83. The molecule has 0 saturated carbocycles. The Morgan fingerprint density at radius 2 is 2.12 bits per heavy atom.